The van der Waals surface area contributed by atoms with Crippen LogP contribution in [0.1, 0.15) is 34.5 Å². The molecule has 1 amide bonds. The fourth-order valence-corrected chi connectivity index (χ4v) is 2.68. The normalized spacial score (nSPS) is 12.0. The highest BCUT2D eigenvalue weighted by Gasteiger charge is 2.15. The zero-order valence-electron chi connectivity index (χ0n) is 11.3. The minimum Gasteiger partial charge on any atom is -0.345 e. The first-order chi connectivity index (χ1) is 9.49. The molecule has 0 spiro atoms. The number of carbonyl (C=O) groups excluding carboxylic acids is 1. The molecule has 0 aliphatic carbocycles. The molecule has 0 heterocycles. The summed E-state index contributed by atoms with van der Waals surface area (Å²) in [6.07, 6.45) is 0. The van der Waals surface area contributed by atoms with Crippen molar-refractivity contribution in [2.75, 3.05) is 0 Å². The van der Waals surface area contributed by atoms with Gasteiger partial charge in [0, 0.05) is 15.1 Å². The van der Waals surface area contributed by atoms with Crippen LogP contribution < -0.4 is 5.32 Å². The highest BCUT2D eigenvalue weighted by atomic mass is 79.9. The molecular formula is C16H15BrClNO. The van der Waals surface area contributed by atoms with Crippen LogP contribution in [-0.4, -0.2) is 5.91 Å². The van der Waals surface area contributed by atoms with Crippen molar-refractivity contribution >= 4 is 33.4 Å². The van der Waals surface area contributed by atoms with Crippen molar-refractivity contribution in [2.24, 2.45) is 0 Å². The van der Waals surface area contributed by atoms with Gasteiger partial charge >= 0.3 is 0 Å². The molecule has 0 saturated heterocycles. The van der Waals surface area contributed by atoms with Crippen LogP contribution in [0.5, 0.6) is 0 Å². The van der Waals surface area contributed by atoms with E-state index in [9.17, 15) is 4.79 Å². The number of aryl methyl sites for hydroxylation is 1. The van der Waals surface area contributed by atoms with Crippen molar-refractivity contribution in [1.82, 2.24) is 5.32 Å². The standard InChI is InChI=1S/C16H15BrClNO/c1-10-7-8-12(17)9-14(10)16(20)19-11(2)13-5-3-4-6-15(13)18/h3-9,11H,1-2H3,(H,19,20). The first-order valence-electron chi connectivity index (χ1n) is 6.30. The Kier molecular flexibility index (Phi) is 4.84. The number of hydrogen-bond donors (Lipinski definition) is 1. The van der Waals surface area contributed by atoms with Crippen LogP contribution >= 0.6 is 27.5 Å². The quantitative estimate of drug-likeness (QED) is 0.836. The molecule has 104 valence electrons. The molecule has 2 aromatic rings. The van der Waals surface area contributed by atoms with Gasteiger partial charge < -0.3 is 5.32 Å². The van der Waals surface area contributed by atoms with E-state index >= 15 is 0 Å². The summed E-state index contributed by atoms with van der Waals surface area (Å²) in [7, 11) is 0. The van der Waals surface area contributed by atoms with Crippen LogP contribution in [-0.2, 0) is 0 Å². The van der Waals surface area contributed by atoms with E-state index in [1.54, 1.807) is 0 Å². The third kappa shape index (κ3) is 3.41. The summed E-state index contributed by atoms with van der Waals surface area (Å²) < 4.78 is 0.888. The number of benzene rings is 2. The summed E-state index contributed by atoms with van der Waals surface area (Å²) in [5.41, 5.74) is 2.52. The second kappa shape index (κ2) is 6.42. The molecule has 0 fully saturated rings. The van der Waals surface area contributed by atoms with Crippen molar-refractivity contribution < 1.29 is 4.79 Å². The number of carbonyl (C=O) groups is 1. The van der Waals surface area contributed by atoms with E-state index in [4.69, 9.17) is 11.6 Å². The van der Waals surface area contributed by atoms with Crippen LogP contribution in [0.25, 0.3) is 0 Å². The Labute approximate surface area is 132 Å². The van der Waals surface area contributed by atoms with Crippen molar-refractivity contribution in [1.29, 1.82) is 0 Å². The second-order valence-electron chi connectivity index (χ2n) is 4.68. The molecule has 0 bridgehead atoms. The molecule has 2 aromatic carbocycles. The maximum absolute atomic E-state index is 12.3. The third-order valence-electron chi connectivity index (χ3n) is 3.16. The molecule has 0 aliphatic rings. The predicted octanol–water partition coefficient (Wildman–Crippen LogP) is 4.90. The summed E-state index contributed by atoms with van der Waals surface area (Å²) in [5, 5.41) is 3.64. The maximum Gasteiger partial charge on any atom is 0.252 e. The fraction of sp³-hybridized carbons (Fsp3) is 0.188. The number of hydrogen-bond acceptors (Lipinski definition) is 1. The summed E-state index contributed by atoms with van der Waals surface area (Å²) >= 11 is 9.53. The number of rotatable bonds is 3. The molecular weight excluding hydrogens is 338 g/mol. The van der Waals surface area contributed by atoms with E-state index < -0.39 is 0 Å². The molecule has 2 nitrogen and oxygen atoms in total. The summed E-state index contributed by atoms with van der Waals surface area (Å²) in [6.45, 7) is 3.84. The Balaban J connectivity index is 2.20. The van der Waals surface area contributed by atoms with Gasteiger partial charge in [0.15, 0.2) is 0 Å². The Morgan fingerprint density at radius 1 is 1.25 bits per heavy atom. The topological polar surface area (TPSA) is 29.1 Å². The smallest absolute Gasteiger partial charge is 0.252 e. The average molecular weight is 353 g/mol. The number of halogens is 2. The van der Waals surface area contributed by atoms with Gasteiger partial charge in [0.2, 0.25) is 0 Å². The van der Waals surface area contributed by atoms with E-state index in [2.05, 4.69) is 21.2 Å². The molecule has 0 aliphatic heterocycles. The van der Waals surface area contributed by atoms with Crippen LogP contribution in [0.4, 0.5) is 0 Å². The lowest BCUT2D eigenvalue weighted by molar-refractivity contribution is 0.0939. The molecule has 20 heavy (non-hydrogen) atoms. The van der Waals surface area contributed by atoms with Gasteiger partial charge in [-0.3, -0.25) is 4.79 Å². The number of nitrogens with one attached hydrogen (secondary N) is 1. The van der Waals surface area contributed by atoms with Gasteiger partial charge in [-0.2, -0.15) is 0 Å². The molecule has 1 atom stereocenters. The molecule has 4 heteroatoms. The minimum absolute atomic E-state index is 0.101. The molecule has 0 aromatic heterocycles. The van der Waals surface area contributed by atoms with Crippen molar-refractivity contribution in [3.8, 4) is 0 Å². The van der Waals surface area contributed by atoms with Gasteiger partial charge in [-0.1, -0.05) is 51.8 Å². The van der Waals surface area contributed by atoms with E-state index in [1.165, 1.54) is 0 Å². The Hall–Kier alpha value is -1.32. The van der Waals surface area contributed by atoms with Gasteiger partial charge in [-0.05, 0) is 43.2 Å². The third-order valence-corrected chi connectivity index (χ3v) is 4.00. The number of amides is 1. The minimum atomic E-state index is -0.144. The van der Waals surface area contributed by atoms with Gasteiger partial charge in [0.1, 0.15) is 0 Å². The van der Waals surface area contributed by atoms with Crippen molar-refractivity contribution in [3.05, 3.63) is 68.7 Å². The van der Waals surface area contributed by atoms with Crippen LogP contribution in [0, 0.1) is 6.92 Å². The lowest BCUT2D eigenvalue weighted by Crippen LogP contribution is -2.27. The van der Waals surface area contributed by atoms with E-state index in [0.717, 1.165) is 15.6 Å². The Morgan fingerprint density at radius 2 is 1.95 bits per heavy atom. The lowest BCUT2D eigenvalue weighted by atomic mass is 10.1. The average Bonchev–Trinajstić information content (AvgIpc) is 2.41. The van der Waals surface area contributed by atoms with E-state index in [1.807, 2.05) is 56.3 Å². The highest BCUT2D eigenvalue weighted by Crippen LogP contribution is 2.23. The summed E-state index contributed by atoms with van der Waals surface area (Å²) in [4.78, 5) is 12.3. The Bertz CT molecular complexity index is 642. The fourth-order valence-electron chi connectivity index (χ4n) is 2.02. The van der Waals surface area contributed by atoms with Gasteiger partial charge in [0.05, 0.1) is 6.04 Å². The van der Waals surface area contributed by atoms with Crippen molar-refractivity contribution in [2.45, 2.75) is 19.9 Å². The zero-order valence-corrected chi connectivity index (χ0v) is 13.6. The largest absolute Gasteiger partial charge is 0.345 e. The molecule has 1 unspecified atom stereocenters. The molecule has 0 radical (unpaired) electrons. The zero-order chi connectivity index (χ0) is 14.7. The van der Waals surface area contributed by atoms with E-state index in [-0.39, 0.29) is 11.9 Å². The van der Waals surface area contributed by atoms with Crippen LogP contribution in [0.2, 0.25) is 5.02 Å². The Morgan fingerprint density at radius 3 is 2.65 bits per heavy atom. The summed E-state index contributed by atoms with van der Waals surface area (Å²) in [5.74, 6) is -0.101. The van der Waals surface area contributed by atoms with Crippen molar-refractivity contribution in [3.63, 3.8) is 0 Å². The van der Waals surface area contributed by atoms with Gasteiger partial charge in [0.25, 0.3) is 5.91 Å². The maximum atomic E-state index is 12.3. The van der Waals surface area contributed by atoms with Gasteiger partial charge in [-0.15, -0.1) is 0 Å². The van der Waals surface area contributed by atoms with Crippen LogP contribution in [0.15, 0.2) is 46.9 Å². The first kappa shape index (κ1) is 15.1. The monoisotopic (exact) mass is 351 g/mol. The summed E-state index contributed by atoms with van der Waals surface area (Å²) in [6, 6.07) is 13.0. The molecule has 1 N–H and O–H groups in total. The van der Waals surface area contributed by atoms with Gasteiger partial charge in [-0.25, -0.2) is 0 Å². The second-order valence-corrected chi connectivity index (χ2v) is 6.00. The first-order valence-corrected chi connectivity index (χ1v) is 7.47. The highest BCUT2D eigenvalue weighted by molar-refractivity contribution is 9.10. The van der Waals surface area contributed by atoms with E-state index in [0.29, 0.717) is 10.6 Å². The van der Waals surface area contributed by atoms with Crippen LogP contribution in [0.3, 0.4) is 0 Å². The predicted molar refractivity (Wildman–Crippen MR) is 86.2 cm³/mol. The molecule has 2 rings (SSSR count). The molecule has 0 saturated carbocycles. The SMILES string of the molecule is Cc1ccc(Br)cc1C(=O)NC(C)c1ccccc1Cl. The lowest BCUT2D eigenvalue weighted by Gasteiger charge is -2.16.